The van der Waals surface area contributed by atoms with Crippen LogP contribution in [0.2, 0.25) is 0 Å². The first-order valence-electron chi connectivity index (χ1n) is 8.24. The van der Waals surface area contributed by atoms with Gasteiger partial charge in [0.15, 0.2) is 0 Å². The highest BCUT2D eigenvalue weighted by Crippen LogP contribution is 2.23. The molecule has 0 aliphatic rings. The summed E-state index contributed by atoms with van der Waals surface area (Å²) < 4.78 is 6.46. The maximum atomic E-state index is 12.6. The molecule has 0 radical (unpaired) electrons. The number of carbonyl (C=O) groups is 2. The number of aromatic nitrogens is 2. The van der Waals surface area contributed by atoms with E-state index in [1.165, 1.54) is 4.90 Å². The summed E-state index contributed by atoms with van der Waals surface area (Å²) in [5.74, 6) is -0.961. The topological polar surface area (TPSA) is 75.3 Å². The smallest absolute Gasteiger partial charge is 0.357 e. The molecule has 0 unspecified atom stereocenters. The maximum absolute atomic E-state index is 12.6. The molecule has 1 atom stereocenters. The lowest BCUT2D eigenvalue weighted by Crippen LogP contribution is -2.31. The zero-order valence-electron chi connectivity index (χ0n) is 14.8. The van der Waals surface area contributed by atoms with Gasteiger partial charge in [-0.1, -0.05) is 58.4 Å². The van der Waals surface area contributed by atoms with Crippen LogP contribution in [0.4, 0.5) is 0 Å². The minimum absolute atomic E-state index is 0.181. The highest BCUT2D eigenvalue weighted by atomic mass is 79.9. The van der Waals surface area contributed by atoms with E-state index in [-0.39, 0.29) is 11.6 Å². The van der Waals surface area contributed by atoms with Crippen molar-refractivity contribution in [2.75, 3.05) is 14.1 Å². The standard InChI is InChI=1S/C20H18BrN3O3/c1-24(2)19(25)18(14-6-4-3-5-7-14)27-20(26)17-12-16(22-23-17)13-8-10-15(21)11-9-13/h3-12,18H,1-2H3,(H,22,23)/t18-/m0/s1. The Labute approximate surface area is 165 Å². The second kappa shape index (κ2) is 8.18. The quantitative estimate of drug-likeness (QED) is 0.627. The fourth-order valence-corrected chi connectivity index (χ4v) is 2.75. The SMILES string of the molecule is CN(C)C(=O)[C@@H](OC(=O)c1cc(-c2ccc(Br)cc2)n[nH]1)c1ccccc1. The molecule has 1 heterocycles. The molecule has 3 aromatic rings. The summed E-state index contributed by atoms with van der Waals surface area (Å²) in [7, 11) is 3.24. The lowest BCUT2D eigenvalue weighted by molar-refractivity contribution is -0.138. The summed E-state index contributed by atoms with van der Waals surface area (Å²) in [6, 6.07) is 18.1. The molecule has 27 heavy (non-hydrogen) atoms. The molecule has 2 aromatic carbocycles. The molecule has 0 aliphatic carbocycles. The Morgan fingerprint density at radius 3 is 2.37 bits per heavy atom. The second-order valence-electron chi connectivity index (χ2n) is 6.10. The number of hydrogen-bond donors (Lipinski definition) is 1. The third-order valence-corrected chi connectivity index (χ3v) is 4.46. The van der Waals surface area contributed by atoms with Gasteiger partial charge in [0.1, 0.15) is 5.69 Å². The number of carbonyl (C=O) groups excluding carboxylic acids is 2. The largest absolute Gasteiger partial charge is 0.443 e. The number of halogens is 1. The fourth-order valence-electron chi connectivity index (χ4n) is 2.49. The number of likely N-dealkylation sites (N-methyl/N-ethyl adjacent to an activating group) is 1. The normalized spacial score (nSPS) is 11.7. The monoisotopic (exact) mass is 427 g/mol. The number of amides is 1. The Morgan fingerprint density at radius 1 is 1.07 bits per heavy atom. The van der Waals surface area contributed by atoms with Crippen LogP contribution in [-0.2, 0) is 9.53 Å². The molecule has 1 amide bonds. The van der Waals surface area contributed by atoms with Gasteiger partial charge >= 0.3 is 5.97 Å². The van der Waals surface area contributed by atoms with Crippen molar-refractivity contribution in [3.63, 3.8) is 0 Å². The molecule has 6 nitrogen and oxygen atoms in total. The molecule has 1 N–H and O–H groups in total. The van der Waals surface area contributed by atoms with Gasteiger partial charge in [-0.05, 0) is 18.2 Å². The predicted octanol–water partition coefficient (Wildman–Crippen LogP) is 3.83. The van der Waals surface area contributed by atoms with Crippen LogP contribution in [0.15, 0.2) is 65.1 Å². The van der Waals surface area contributed by atoms with Crippen LogP contribution < -0.4 is 0 Å². The van der Waals surface area contributed by atoms with Crippen molar-refractivity contribution in [2.45, 2.75) is 6.10 Å². The highest BCUT2D eigenvalue weighted by molar-refractivity contribution is 9.10. The van der Waals surface area contributed by atoms with Gasteiger partial charge in [0.05, 0.1) is 5.69 Å². The van der Waals surface area contributed by atoms with Crippen LogP contribution in [0.25, 0.3) is 11.3 Å². The minimum atomic E-state index is -1.02. The number of esters is 1. The molecule has 0 saturated carbocycles. The van der Waals surface area contributed by atoms with E-state index >= 15 is 0 Å². The van der Waals surface area contributed by atoms with Crippen LogP contribution in [0, 0.1) is 0 Å². The van der Waals surface area contributed by atoms with Gasteiger partial charge in [-0.3, -0.25) is 9.89 Å². The molecule has 7 heteroatoms. The summed E-state index contributed by atoms with van der Waals surface area (Å²) in [5.41, 5.74) is 2.26. The van der Waals surface area contributed by atoms with E-state index in [1.807, 2.05) is 30.3 Å². The Bertz CT molecular complexity index is 937. The number of H-pyrrole nitrogens is 1. The summed E-state index contributed by atoms with van der Waals surface area (Å²) in [4.78, 5) is 26.5. The van der Waals surface area contributed by atoms with Crippen molar-refractivity contribution in [1.29, 1.82) is 0 Å². The number of rotatable bonds is 5. The molecule has 0 fully saturated rings. The maximum Gasteiger partial charge on any atom is 0.357 e. The van der Waals surface area contributed by atoms with Gasteiger partial charge in [0.25, 0.3) is 5.91 Å². The summed E-state index contributed by atoms with van der Waals surface area (Å²) in [5, 5.41) is 6.84. The van der Waals surface area contributed by atoms with Crippen molar-refractivity contribution in [1.82, 2.24) is 15.1 Å². The number of hydrogen-bond acceptors (Lipinski definition) is 4. The molecule has 3 rings (SSSR count). The van der Waals surface area contributed by atoms with E-state index in [0.717, 1.165) is 10.0 Å². The van der Waals surface area contributed by atoms with Crippen molar-refractivity contribution >= 4 is 27.8 Å². The molecule has 0 saturated heterocycles. The lowest BCUT2D eigenvalue weighted by atomic mass is 10.1. The number of nitrogens with zero attached hydrogens (tertiary/aromatic N) is 2. The van der Waals surface area contributed by atoms with Gasteiger partial charge in [-0.25, -0.2) is 4.79 Å². The van der Waals surface area contributed by atoms with E-state index in [1.54, 1.807) is 44.4 Å². The van der Waals surface area contributed by atoms with Crippen LogP contribution in [0.5, 0.6) is 0 Å². The van der Waals surface area contributed by atoms with Crippen molar-refractivity contribution in [3.05, 3.63) is 76.4 Å². The molecule has 0 bridgehead atoms. The fraction of sp³-hybridized carbons (Fsp3) is 0.150. The van der Waals surface area contributed by atoms with Crippen molar-refractivity contribution in [2.24, 2.45) is 0 Å². The van der Waals surface area contributed by atoms with E-state index in [4.69, 9.17) is 4.74 Å². The van der Waals surface area contributed by atoms with E-state index < -0.39 is 12.1 Å². The summed E-state index contributed by atoms with van der Waals surface area (Å²) >= 11 is 3.38. The highest BCUT2D eigenvalue weighted by Gasteiger charge is 2.27. The van der Waals surface area contributed by atoms with Crippen LogP contribution in [0.1, 0.15) is 22.2 Å². The minimum Gasteiger partial charge on any atom is -0.443 e. The molecule has 0 aliphatic heterocycles. The van der Waals surface area contributed by atoms with Crippen molar-refractivity contribution < 1.29 is 14.3 Å². The average molecular weight is 428 g/mol. The van der Waals surface area contributed by atoms with Crippen LogP contribution in [0.3, 0.4) is 0 Å². The number of nitrogens with one attached hydrogen (secondary N) is 1. The van der Waals surface area contributed by atoms with E-state index in [9.17, 15) is 9.59 Å². The Hall–Kier alpha value is -2.93. The Balaban J connectivity index is 1.82. The van der Waals surface area contributed by atoms with Crippen LogP contribution >= 0.6 is 15.9 Å². The lowest BCUT2D eigenvalue weighted by Gasteiger charge is -2.20. The molecule has 138 valence electrons. The number of benzene rings is 2. The number of aromatic amines is 1. The van der Waals surface area contributed by atoms with Crippen LogP contribution in [-0.4, -0.2) is 41.1 Å². The van der Waals surface area contributed by atoms with Gasteiger partial charge in [-0.2, -0.15) is 5.10 Å². The summed E-state index contributed by atoms with van der Waals surface area (Å²) in [6.45, 7) is 0. The predicted molar refractivity (Wildman–Crippen MR) is 105 cm³/mol. The first kappa shape index (κ1) is 18.8. The zero-order valence-corrected chi connectivity index (χ0v) is 16.4. The third-order valence-electron chi connectivity index (χ3n) is 3.93. The Morgan fingerprint density at radius 2 is 1.74 bits per heavy atom. The zero-order chi connectivity index (χ0) is 19.4. The number of ether oxygens (including phenoxy) is 1. The van der Waals surface area contributed by atoms with Gasteiger partial charge < -0.3 is 9.64 Å². The van der Waals surface area contributed by atoms with E-state index in [0.29, 0.717) is 11.3 Å². The summed E-state index contributed by atoms with van der Waals surface area (Å²) in [6.07, 6.45) is -1.02. The molecular formula is C20H18BrN3O3. The average Bonchev–Trinajstić information content (AvgIpc) is 3.17. The van der Waals surface area contributed by atoms with Crippen molar-refractivity contribution in [3.8, 4) is 11.3 Å². The molecular weight excluding hydrogens is 410 g/mol. The second-order valence-corrected chi connectivity index (χ2v) is 7.02. The van der Waals surface area contributed by atoms with Gasteiger partial charge in [-0.15, -0.1) is 0 Å². The Kier molecular flexibility index (Phi) is 5.71. The first-order valence-corrected chi connectivity index (χ1v) is 9.03. The third kappa shape index (κ3) is 4.43. The molecule has 0 spiro atoms. The van der Waals surface area contributed by atoms with Gasteiger partial charge in [0, 0.05) is 29.7 Å². The first-order chi connectivity index (χ1) is 13.0. The van der Waals surface area contributed by atoms with E-state index in [2.05, 4.69) is 26.1 Å². The molecule has 1 aromatic heterocycles. The van der Waals surface area contributed by atoms with Gasteiger partial charge in [0.2, 0.25) is 6.10 Å².